The quantitative estimate of drug-likeness (QED) is 0.731. The zero-order valence-electron chi connectivity index (χ0n) is 13.4. The minimum atomic E-state index is -0.328. The van der Waals surface area contributed by atoms with Crippen LogP contribution in [-0.2, 0) is 16.1 Å². The number of anilines is 2. The second-order valence-corrected chi connectivity index (χ2v) is 5.31. The largest absolute Gasteiger partial charge is 0.384 e. The van der Waals surface area contributed by atoms with Gasteiger partial charge in [-0.25, -0.2) is 4.39 Å². The van der Waals surface area contributed by atoms with Crippen molar-refractivity contribution in [1.29, 1.82) is 0 Å². The van der Waals surface area contributed by atoms with Crippen LogP contribution in [0.2, 0.25) is 0 Å². The minimum Gasteiger partial charge on any atom is -0.384 e. The van der Waals surface area contributed by atoms with Crippen molar-refractivity contribution in [1.82, 2.24) is 5.32 Å². The number of amides is 2. The van der Waals surface area contributed by atoms with Crippen LogP contribution in [-0.4, -0.2) is 18.4 Å². The summed E-state index contributed by atoms with van der Waals surface area (Å²) in [7, 11) is 0. The van der Waals surface area contributed by atoms with Crippen LogP contribution < -0.4 is 16.0 Å². The van der Waals surface area contributed by atoms with Crippen LogP contribution in [0.15, 0.2) is 48.5 Å². The Kier molecular flexibility index (Phi) is 6.31. The normalized spacial score (nSPS) is 10.1. The van der Waals surface area contributed by atoms with E-state index in [1.165, 1.54) is 13.0 Å². The van der Waals surface area contributed by atoms with Crippen molar-refractivity contribution in [2.24, 2.45) is 0 Å². The molecule has 0 radical (unpaired) electrons. The maximum absolute atomic E-state index is 13.4. The molecule has 6 heteroatoms. The number of hydrogen-bond acceptors (Lipinski definition) is 3. The van der Waals surface area contributed by atoms with E-state index in [1.807, 2.05) is 12.1 Å². The average Bonchev–Trinajstić information content (AvgIpc) is 2.54. The molecule has 0 spiro atoms. The van der Waals surface area contributed by atoms with Gasteiger partial charge in [-0.1, -0.05) is 24.3 Å². The molecule has 2 rings (SSSR count). The summed E-state index contributed by atoms with van der Waals surface area (Å²) >= 11 is 0. The molecule has 3 N–H and O–H groups in total. The molecule has 0 aliphatic rings. The molecule has 0 aliphatic heterocycles. The van der Waals surface area contributed by atoms with Crippen molar-refractivity contribution in [2.75, 3.05) is 17.2 Å². The van der Waals surface area contributed by atoms with Crippen molar-refractivity contribution >= 4 is 23.2 Å². The van der Waals surface area contributed by atoms with E-state index in [1.54, 1.807) is 30.3 Å². The monoisotopic (exact) mass is 329 g/mol. The lowest BCUT2D eigenvalue weighted by Crippen LogP contribution is -2.25. The third-order valence-corrected chi connectivity index (χ3v) is 3.30. The fraction of sp³-hybridized carbons (Fsp3) is 0.222. The number of carbonyl (C=O) groups excluding carboxylic acids is 2. The molecule has 126 valence electrons. The predicted molar refractivity (Wildman–Crippen MR) is 92.1 cm³/mol. The summed E-state index contributed by atoms with van der Waals surface area (Å²) in [5, 5.41) is 8.49. The highest BCUT2D eigenvalue weighted by molar-refractivity contribution is 5.89. The number of rotatable bonds is 7. The van der Waals surface area contributed by atoms with Gasteiger partial charge < -0.3 is 16.0 Å². The van der Waals surface area contributed by atoms with E-state index in [2.05, 4.69) is 16.0 Å². The first-order valence-electron chi connectivity index (χ1n) is 7.66. The first kappa shape index (κ1) is 17.5. The van der Waals surface area contributed by atoms with Gasteiger partial charge in [-0.15, -0.1) is 0 Å². The molecule has 0 aromatic heterocycles. The Morgan fingerprint density at radius 2 is 1.79 bits per heavy atom. The second kappa shape index (κ2) is 8.67. The summed E-state index contributed by atoms with van der Waals surface area (Å²) in [4.78, 5) is 22.8. The molecule has 0 heterocycles. The minimum absolute atomic E-state index is 0.139. The van der Waals surface area contributed by atoms with Gasteiger partial charge in [0.2, 0.25) is 11.8 Å². The first-order valence-corrected chi connectivity index (χ1v) is 7.66. The Labute approximate surface area is 140 Å². The Bertz CT molecular complexity index is 719. The highest BCUT2D eigenvalue weighted by Gasteiger charge is 2.04. The van der Waals surface area contributed by atoms with Gasteiger partial charge in [-0.2, -0.15) is 0 Å². The molecule has 0 aliphatic carbocycles. The lowest BCUT2D eigenvalue weighted by atomic mass is 10.2. The van der Waals surface area contributed by atoms with E-state index in [9.17, 15) is 14.0 Å². The van der Waals surface area contributed by atoms with Crippen LogP contribution in [0.25, 0.3) is 0 Å². The van der Waals surface area contributed by atoms with E-state index in [-0.39, 0.29) is 30.6 Å². The van der Waals surface area contributed by atoms with Crippen molar-refractivity contribution in [3.05, 3.63) is 59.9 Å². The lowest BCUT2D eigenvalue weighted by Gasteiger charge is -2.09. The van der Waals surface area contributed by atoms with Crippen LogP contribution in [0.5, 0.6) is 0 Å². The smallest absolute Gasteiger partial charge is 0.222 e. The van der Waals surface area contributed by atoms with Gasteiger partial charge in [0.1, 0.15) is 5.82 Å². The van der Waals surface area contributed by atoms with E-state index in [4.69, 9.17) is 0 Å². The summed E-state index contributed by atoms with van der Waals surface area (Å²) < 4.78 is 13.4. The third-order valence-electron chi connectivity index (χ3n) is 3.30. The molecule has 0 bridgehead atoms. The van der Waals surface area contributed by atoms with Gasteiger partial charge in [-0.3, -0.25) is 9.59 Å². The molecule has 2 aromatic rings. The third kappa shape index (κ3) is 5.72. The van der Waals surface area contributed by atoms with E-state index in [0.717, 1.165) is 5.69 Å². The molecule has 0 fully saturated rings. The molecule has 0 saturated heterocycles. The molecule has 0 atom stereocenters. The van der Waals surface area contributed by atoms with Crippen molar-refractivity contribution in [2.45, 2.75) is 19.9 Å². The fourth-order valence-corrected chi connectivity index (χ4v) is 2.15. The average molecular weight is 329 g/mol. The topological polar surface area (TPSA) is 70.2 Å². The van der Waals surface area contributed by atoms with E-state index >= 15 is 0 Å². The van der Waals surface area contributed by atoms with Gasteiger partial charge in [0.15, 0.2) is 0 Å². The molecule has 0 saturated carbocycles. The van der Waals surface area contributed by atoms with Gasteiger partial charge in [0.25, 0.3) is 0 Å². The highest BCUT2D eigenvalue weighted by Crippen LogP contribution is 2.14. The molecule has 2 aromatic carbocycles. The number of nitrogens with one attached hydrogen (secondary N) is 3. The van der Waals surface area contributed by atoms with Crippen molar-refractivity contribution in [3.8, 4) is 0 Å². The summed E-state index contributed by atoms with van der Waals surface area (Å²) in [6, 6.07) is 13.6. The van der Waals surface area contributed by atoms with Crippen LogP contribution in [0, 0.1) is 5.82 Å². The zero-order chi connectivity index (χ0) is 17.4. The van der Waals surface area contributed by atoms with E-state index < -0.39 is 0 Å². The van der Waals surface area contributed by atoms with Crippen molar-refractivity contribution < 1.29 is 14.0 Å². The van der Waals surface area contributed by atoms with Gasteiger partial charge in [0.05, 0.1) is 0 Å². The first-order chi connectivity index (χ1) is 11.5. The van der Waals surface area contributed by atoms with Crippen LogP contribution in [0.1, 0.15) is 18.9 Å². The standard InChI is InChI=1S/C18H20FN3O2/c1-13(23)22-16-7-4-6-15(11-16)20-10-9-18(24)21-12-14-5-2-3-8-17(14)19/h2-8,11,20H,9-10,12H2,1H3,(H,21,24)(H,22,23). The Morgan fingerprint density at radius 3 is 2.54 bits per heavy atom. The number of halogens is 1. The second-order valence-electron chi connectivity index (χ2n) is 5.31. The summed E-state index contributed by atoms with van der Waals surface area (Å²) in [5.41, 5.74) is 1.96. The molecule has 2 amide bonds. The molecular weight excluding hydrogens is 309 g/mol. The van der Waals surface area contributed by atoms with Crippen LogP contribution in [0.3, 0.4) is 0 Å². The Hall–Kier alpha value is -2.89. The van der Waals surface area contributed by atoms with Gasteiger partial charge in [0, 0.05) is 43.4 Å². The van der Waals surface area contributed by atoms with Crippen LogP contribution in [0.4, 0.5) is 15.8 Å². The lowest BCUT2D eigenvalue weighted by molar-refractivity contribution is -0.121. The Balaban J connectivity index is 1.74. The molecule has 24 heavy (non-hydrogen) atoms. The van der Waals surface area contributed by atoms with Gasteiger partial charge in [-0.05, 0) is 24.3 Å². The molecule has 0 unspecified atom stereocenters. The summed E-state index contributed by atoms with van der Waals surface area (Å²) in [6.07, 6.45) is 0.263. The van der Waals surface area contributed by atoms with Crippen LogP contribution >= 0.6 is 0 Å². The van der Waals surface area contributed by atoms with E-state index in [0.29, 0.717) is 17.8 Å². The fourth-order valence-electron chi connectivity index (χ4n) is 2.15. The highest BCUT2D eigenvalue weighted by atomic mass is 19.1. The maximum atomic E-state index is 13.4. The number of benzene rings is 2. The molecular formula is C18H20FN3O2. The van der Waals surface area contributed by atoms with Crippen molar-refractivity contribution in [3.63, 3.8) is 0 Å². The Morgan fingerprint density at radius 1 is 1.04 bits per heavy atom. The summed E-state index contributed by atoms with van der Waals surface area (Å²) in [6.45, 7) is 2.05. The summed E-state index contributed by atoms with van der Waals surface area (Å²) in [5.74, 6) is -0.630. The number of carbonyl (C=O) groups is 2. The zero-order valence-corrected chi connectivity index (χ0v) is 13.4. The number of hydrogen-bond donors (Lipinski definition) is 3. The molecule has 5 nitrogen and oxygen atoms in total. The maximum Gasteiger partial charge on any atom is 0.222 e. The predicted octanol–water partition coefficient (Wildman–Crippen LogP) is 2.90. The SMILES string of the molecule is CC(=O)Nc1cccc(NCCC(=O)NCc2ccccc2F)c1. The van der Waals surface area contributed by atoms with Gasteiger partial charge >= 0.3 is 0 Å².